The predicted octanol–water partition coefficient (Wildman–Crippen LogP) is 2.95. The second kappa shape index (κ2) is 5.28. The molecule has 0 N–H and O–H groups in total. The minimum Gasteiger partial charge on any atom is -0.464 e. The van der Waals surface area contributed by atoms with Crippen molar-refractivity contribution >= 4 is 5.97 Å². The van der Waals surface area contributed by atoms with Gasteiger partial charge in [0.25, 0.3) is 0 Å². The van der Waals surface area contributed by atoms with Crippen LogP contribution in [0.3, 0.4) is 0 Å². The third-order valence-corrected chi connectivity index (χ3v) is 2.59. The van der Waals surface area contributed by atoms with Crippen LogP contribution in [0.1, 0.15) is 16.1 Å². The molecule has 2 aromatic heterocycles. The van der Waals surface area contributed by atoms with E-state index in [2.05, 4.69) is 14.7 Å². The number of carbonyl (C=O) groups is 1. The summed E-state index contributed by atoms with van der Waals surface area (Å²) in [6.07, 6.45) is -0.593. The number of pyridine rings is 2. The average molecular weight is 282 g/mol. The summed E-state index contributed by atoms with van der Waals surface area (Å²) in [6.45, 7) is 0. The minimum atomic E-state index is -4.69. The molecular weight excluding hydrogens is 273 g/mol. The lowest BCUT2D eigenvalue weighted by atomic mass is 10.0. The maximum Gasteiger partial charge on any atom is 0.418 e. The number of hydrogen-bond donors (Lipinski definition) is 0. The van der Waals surface area contributed by atoms with Gasteiger partial charge in [-0.15, -0.1) is 0 Å². The first-order valence-corrected chi connectivity index (χ1v) is 5.49. The Hall–Kier alpha value is -2.44. The standard InChI is InChI=1S/C13H9F3N2O2/c1-20-12(19)11-10(13(14,15)16)6-9(7-18-11)8-2-4-17-5-3-8/h2-7H,1H3. The predicted molar refractivity (Wildman–Crippen MR) is 63.8 cm³/mol. The molecule has 0 aromatic carbocycles. The van der Waals surface area contributed by atoms with Crippen molar-refractivity contribution in [1.29, 1.82) is 0 Å². The third-order valence-electron chi connectivity index (χ3n) is 2.59. The van der Waals surface area contributed by atoms with Crippen LogP contribution in [-0.2, 0) is 10.9 Å². The molecule has 0 aliphatic heterocycles. The van der Waals surface area contributed by atoms with Crippen molar-refractivity contribution in [1.82, 2.24) is 9.97 Å². The second-order valence-electron chi connectivity index (χ2n) is 3.85. The Labute approximate surface area is 112 Å². The van der Waals surface area contributed by atoms with Gasteiger partial charge in [-0.1, -0.05) is 0 Å². The van der Waals surface area contributed by atoms with E-state index in [4.69, 9.17) is 0 Å². The van der Waals surface area contributed by atoms with Gasteiger partial charge in [-0.05, 0) is 23.8 Å². The fraction of sp³-hybridized carbons (Fsp3) is 0.154. The van der Waals surface area contributed by atoms with E-state index in [1.54, 1.807) is 12.1 Å². The number of nitrogens with zero attached hydrogens (tertiary/aromatic N) is 2. The number of alkyl halides is 3. The maximum atomic E-state index is 13.0. The first-order chi connectivity index (χ1) is 9.43. The van der Waals surface area contributed by atoms with Gasteiger partial charge in [-0.2, -0.15) is 13.2 Å². The number of aromatic nitrogens is 2. The van der Waals surface area contributed by atoms with Crippen molar-refractivity contribution in [2.75, 3.05) is 7.11 Å². The largest absolute Gasteiger partial charge is 0.464 e. The van der Waals surface area contributed by atoms with Crippen LogP contribution in [0.15, 0.2) is 36.8 Å². The summed E-state index contributed by atoms with van der Waals surface area (Å²) < 4.78 is 43.2. The molecule has 0 atom stereocenters. The molecular formula is C13H9F3N2O2. The Balaban J connectivity index is 2.58. The van der Waals surface area contributed by atoms with Crippen molar-refractivity contribution in [3.63, 3.8) is 0 Å². The van der Waals surface area contributed by atoms with Crippen LogP contribution in [0.2, 0.25) is 0 Å². The fourth-order valence-corrected chi connectivity index (χ4v) is 1.64. The average Bonchev–Trinajstić information content (AvgIpc) is 2.46. The Morgan fingerprint density at radius 2 is 1.85 bits per heavy atom. The number of methoxy groups -OCH3 is 1. The summed E-state index contributed by atoms with van der Waals surface area (Å²) in [7, 11) is 1.00. The van der Waals surface area contributed by atoms with E-state index in [9.17, 15) is 18.0 Å². The Kier molecular flexibility index (Phi) is 3.69. The van der Waals surface area contributed by atoms with Crippen molar-refractivity contribution < 1.29 is 22.7 Å². The van der Waals surface area contributed by atoms with Crippen LogP contribution in [0.25, 0.3) is 11.1 Å². The van der Waals surface area contributed by atoms with E-state index < -0.39 is 23.4 Å². The number of halogens is 3. The van der Waals surface area contributed by atoms with Crippen LogP contribution in [0.5, 0.6) is 0 Å². The first-order valence-electron chi connectivity index (χ1n) is 5.49. The van der Waals surface area contributed by atoms with Crippen LogP contribution < -0.4 is 0 Å². The lowest BCUT2D eigenvalue weighted by Crippen LogP contribution is -2.16. The van der Waals surface area contributed by atoms with Gasteiger partial charge in [0.2, 0.25) is 0 Å². The third kappa shape index (κ3) is 2.76. The van der Waals surface area contributed by atoms with Crippen LogP contribution in [0.4, 0.5) is 13.2 Å². The first kappa shape index (κ1) is 14.0. The van der Waals surface area contributed by atoms with Gasteiger partial charge in [-0.3, -0.25) is 4.98 Å². The highest BCUT2D eigenvalue weighted by atomic mass is 19.4. The molecule has 0 radical (unpaired) electrons. The fourth-order valence-electron chi connectivity index (χ4n) is 1.64. The molecule has 0 spiro atoms. The summed E-state index contributed by atoms with van der Waals surface area (Å²) >= 11 is 0. The van der Waals surface area contributed by atoms with Gasteiger partial charge in [0.05, 0.1) is 12.7 Å². The van der Waals surface area contributed by atoms with Crippen LogP contribution >= 0.6 is 0 Å². The molecule has 0 saturated heterocycles. The molecule has 104 valence electrons. The number of ether oxygens (including phenoxy) is 1. The molecule has 2 heterocycles. The molecule has 4 nitrogen and oxygen atoms in total. The van der Waals surface area contributed by atoms with Gasteiger partial charge in [-0.25, -0.2) is 9.78 Å². The van der Waals surface area contributed by atoms with Crippen molar-refractivity contribution in [3.8, 4) is 11.1 Å². The smallest absolute Gasteiger partial charge is 0.418 e. The molecule has 0 fully saturated rings. The van der Waals surface area contributed by atoms with Gasteiger partial charge < -0.3 is 4.74 Å². The molecule has 0 aliphatic rings. The molecule has 20 heavy (non-hydrogen) atoms. The molecule has 0 saturated carbocycles. The molecule has 0 bridgehead atoms. The zero-order valence-electron chi connectivity index (χ0n) is 10.3. The maximum absolute atomic E-state index is 13.0. The van der Waals surface area contributed by atoms with Gasteiger partial charge in [0.1, 0.15) is 0 Å². The van der Waals surface area contributed by atoms with Crippen molar-refractivity contribution in [2.24, 2.45) is 0 Å². The minimum absolute atomic E-state index is 0.243. The van der Waals surface area contributed by atoms with E-state index in [-0.39, 0.29) is 5.56 Å². The molecule has 2 aromatic rings. The quantitative estimate of drug-likeness (QED) is 0.795. The lowest BCUT2D eigenvalue weighted by Gasteiger charge is -2.12. The Bertz CT molecular complexity index is 627. The molecule has 0 unspecified atom stereocenters. The molecule has 2 rings (SSSR count). The number of hydrogen-bond acceptors (Lipinski definition) is 4. The molecule has 0 amide bonds. The van der Waals surface area contributed by atoms with E-state index in [1.807, 2.05) is 0 Å². The summed E-state index contributed by atoms with van der Waals surface area (Å²) in [5, 5.41) is 0. The highest BCUT2D eigenvalue weighted by Crippen LogP contribution is 2.34. The summed E-state index contributed by atoms with van der Waals surface area (Å²) in [4.78, 5) is 18.7. The van der Waals surface area contributed by atoms with E-state index in [0.29, 0.717) is 5.56 Å². The highest BCUT2D eigenvalue weighted by molar-refractivity contribution is 5.89. The monoisotopic (exact) mass is 282 g/mol. The zero-order chi connectivity index (χ0) is 14.8. The normalized spacial score (nSPS) is 11.2. The van der Waals surface area contributed by atoms with Gasteiger partial charge in [0.15, 0.2) is 5.69 Å². The second-order valence-corrected chi connectivity index (χ2v) is 3.85. The van der Waals surface area contributed by atoms with E-state index in [0.717, 1.165) is 13.2 Å². The van der Waals surface area contributed by atoms with Crippen molar-refractivity contribution in [2.45, 2.75) is 6.18 Å². The molecule has 7 heteroatoms. The topological polar surface area (TPSA) is 52.1 Å². The zero-order valence-corrected chi connectivity index (χ0v) is 10.3. The summed E-state index contributed by atoms with van der Waals surface area (Å²) in [5.41, 5.74) is -1.11. The lowest BCUT2D eigenvalue weighted by molar-refractivity contribution is -0.138. The van der Waals surface area contributed by atoms with Crippen molar-refractivity contribution in [3.05, 3.63) is 48.0 Å². The van der Waals surface area contributed by atoms with E-state index in [1.165, 1.54) is 18.6 Å². The van der Waals surface area contributed by atoms with Gasteiger partial charge >= 0.3 is 12.1 Å². The molecule has 0 aliphatic carbocycles. The summed E-state index contributed by atoms with van der Waals surface area (Å²) in [5.74, 6) is -1.13. The Morgan fingerprint density at radius 1 is 1.20 bits per heavy atom. The van der Waals surface area contributed by atoms with Gasteiger partial charge in [0, 0.05) is 24.2 Å². The van der Waals surface area contributed by atoms with Crippen LogP contribution in [-0.4, -0.2) is 23.0 Å². The van der Waals surface area contributed by atoms with E-state index >= 15 is 0 Å². The highest BCUT2D eigenvalue weighted by Gasteiger charge is 2.37. The summed E-state index contributed by atoms with van der Waals surface area (Å²) in [6, 6.07) is 3.97. The SMILES string of the molecule is COC(=O)c1ncc(-c2ccncc2)cc1C(F)(F)F. The number of esters is 1. The Morgan fingerprint density at radius 3 is 2.40 bits per heavy atom. The number of rotatable bonds is 2. The number of carbonyl (C=O) groups excluding carboxylic acids is 1. The van der Waals surface area contributed by atoms with Crippen LogP contribution in [0, 0.1) is 0 Å².